The Morgan fingerprint density at radius 3 is 2.58 bits per heavy atom. The minimum Gasteiger partial charge on any atom is -0.372 e. The van der Waals surface area contributed by atoms with Gasteiger partial charge in [0.2, 0.25) is 0 Å². The molecule has 19 heavy (non-hydrogen) atoms. The second kappa shape index (κ2) is 6.20. The highest BCUT2D eigenvalue weighted by Gasteiger charge is 2.21. The number of ether oxygens (including phenoxy) is 1. The second-order valence-electron chi connectivity index (χ2n) is 4.58. The quantitative estimate of drug-likeness (QED) is 0.912. The van der Waals surface area contributed by atoms with E-state index in [1.54, 1.807) is 0 Å². The molecule has 100 valence electrons. The maximum absolute atomic E-state index is 5.78. The molecule has 3 rings (SSSR count). The fraction of sp³-hybridized carbons (Fsp3) is 0.250. The number of fused-ring (bicyclic) bond motifs is 1. The van der Waals surface area contributed by atoms with Gasteiger partial charge in [0.1, 0.15) is 0 Å². The van der Waals surface area contributed by atoms with Crippen molar-refractivity contribution < 1.29 is 4.74 Å². The van der Waals surface area contributed by atoms with E-state index in [9.17, 15) is 0 Å². The van der Waals surface area contributed by atoms with Crippen molar-refractivity contribution in [2.75, 3.05) is 13.2 Å². The lowest BCUT2D eigenvalue weighted by molar-refractivity contribution is 0.0486. The third-order valence-corrected chi connectivity index (χ3v) is 3.53. The first-order valence-electron chi connectivity index (χ1n) is 6.39. The summed E-state index contributed by atoms with van der Waals surface area (Å²) in [6.45, 7) is 1.31. The summed E-state index contributed by atoms with van der Waals surface area (Å²) >= 11 is 0. The van der Waals surface area contributed by atoms with Gasteiger partial charge in [-0.25, -0.2) is 0 Å². The Hall–Kier alpha value is -1.35. The molecule has 1 aliphatic rings. The van der Waals surface area contributed by atoms with E-state index in [0.29, 0.717) is 6.54 Å². The first kappa shape index (κ1) is 14.1. The van der Waals surface area contributed by atoms with Gasteiger partial charge in [-0.05, 0) is 28.7 Å². The summed E-state index contributed by atoms with van der Waals surface area (Å²) in [6.07, 6.45) is 1.02. The van der Waals surface area contributed by atoms with Crippen LogP contribution >= 0.6 is 12.4 Å². The predicted octanol–water partition coefficient (Wildman–Crippen LogP) is 3.35. The maximum atomic E-state index is 5.78. The maximum Gasteiger partial charge on any atom is 0.0950 e. The van der Waals surface area contributed by atoms with E-state index in [1.807, 2.05) is 6.07 Å². The average molecular weight is 276 g/mol. The van der Waals surface area contributed by atoms with Crippen LogP contribution in [0.5, 0.6) is 0 Å². The summed E-state index contributed by atoms with van der Waals surface area (Å²) < 4.78 is 5.72. The van der Waals surface area contributed by atoms with Crippen LogP contribution in [0.4, 0.5) is 0 Å². The zero-order chi connectivity index (χ0) is 12.4. The molecule has 0 saturated heterocycles. The number of benzene rings is 2. The largest absolute Gasteiger partial charge is 0.372 e. The molecule has 0 saturated carbocycles. The molecule has 0 amide bonds. The van der Waals surface area contributed by atoms with Crippen molar-refractivity contribution >= 4 is 12.4 Å². The normalized spacial score (nSPS) is 17.4. The topological polar surface area (TPSA) is 35.2 Å². The van der Waals surface area contributed by atoms with Gasteiger partial charge in [0.15, 0.2) is 0 Å². The number of rotatable bonds is 2. The third kappa shape index (κ3) is 2.66. The molecule has 3 heteroatoms. The summed E-state index contributed by atoms with van der Waals surface area (Å²) in [5.41, 5.74) is 11.0. The molecule has 0 aliphatic carbocycles. The number of nitrogens with two attached hydrogens (primary N) is 1. The summed E-state index contributed by atoms with van der Waals surface area (Å²) in [7, 11) is 0. The van der Waals surface area contributed by atoms with Crippen LogP contribution in [-0.2, 0) is 11.2 Å². The van der Waals surface area contributed by atoms with Gasteiger partial charge in [-0.1, -0.05) is 48.5 Å². The van der Waals surface area contributed by atoms with Gasteiger partial charge in [-0.2, -0.15) is 0 Å². The van der Waals surface area contributed by atoms with Gasteiger partial charge in [0.25, 0.3) is 0 Å². The molecule has 1 aliphatic heterocycles. The van der Waals surface area contributed by atoms with Crippen LogP contribution in [0.25, 0.3) is 11.1 Å². The van der Waals surface area contributed by atoms with E-state index in [0.717, 1.165) is 13.0 Å². The Labute approximate surface area is 120 Å². The molecule has 1 heterocycles. The highest BCUT2D eigenvalue weighted by atomic mass is 35.5. The minimum absolute atomic E-state index is 0. The van der Waals surface area contributed by atoms with Crippen molar-refractivity contribution in [3.8, 4) is 11.1 Å². The van der Waals surface area contributed by atoms with Crippen molar-refractivity contribution in [1.29, 1.82) is 0 Å². The predicted molar refractivity (Wildman–Crippen MR) is 80.6 cm³/mol. The van der Waals surface area contributed by atoms with Gasteiger partial charge in [0, 0.05) is 6.54 Å². The van der Waals surface area contributed by atoms with E-state index in [2.05, 4.69) is 42.5 Å². The number of hydrogen-bond acceptors (Lipinski definition) is 2. The molecule has 0 radical (unpaired) electrons. The van der Waals surface area contributed by atoms with E-state index in [-0.39, 0.29) is 18.5 Å². The van der Waals surface area contributed by atoms with E-state index in [4.69, 9.17) is 10.5 Å². The van der Waals surface area contributed by atoms with Crippen molar-refractivity contribution in [3.63, 3.8) is 0 Å². The lowest BCUT2D eigenvalue weighted by Gasteiger charge is -2.27. The molecular formula is C16H18ClNO. The summed E-state index contributed by atoms with van der Waals surface area (Å²) in [4.78, 5) is 0. The number of halogens is 1. The summed E-state index contributed by atoms with van der Waals surface area (Å²) in [5.74, 6) is 0. The lowest BCUT2D eigenvalue weighted by atomic mass is 9.89. The smallest absolute Gasteiger partial charge is 0.0950 e. The molecule has 0 aromatic heterocycles. The Bertz CT molecular complexity index is 542. The van der Waals surface area contributed by atoms with Gasteiger partial charge in [-0.3, -0.25) is 0 Å². The number of hydrogen-bond donors (Lipinski definition) is 1. The Balaban J connectivity index is 0.00000133. The third-order valence-electron chi connectivity index (χ3n) is 3.53. The molecule has 2 N–H and O–H groups in total. The van der Waals surface area contributed by atoms with Crippen molar-refractivity contribution in [1.82, 2.24) is 0 Å². The van der Waals surface area contributed by atoms with Crippen LogP contribution < -0.4 is 5.73 Å². The average Bonchev–Trinajstić information content (AvgIpc) is 2.47. The highest BCUT2D eigenvalue weighted by Crippen LogP contribution is 2.33. The lowest BCUT2D eigenvalue weighted by Crippen LogP contribution is -2.23. The molecule has 1 atom stereocenters. The minimum atomic E-state index is 0. The van der Waals surface area contributed by atoms with Gasteiger partial charge >= 0.3 is 0 Å². The van der Waals surface area contributed by atoms with Crippen molar-refractivity contribution in [3.05, 3.63) is 59.7 Å². The van der Waals surface area contributed by atoms with E-state index in [1.165, 1.54) is 22.3 Å². The SMILES string of the molecule is Cl.NCC1OCCc2c(-c3ccccc3)cccc21. The van der Waals surface area contributed by atoms with Crippen LogP contribution in [-0.4, -0.2) is 13.2 Å². The zero-order valence-corrected chi connectivity index (χ0v) is 11.5. The molecule has 2 aromatic rings. The molecule has 0 spiro atoms. The fourth-order valence-corrected chi connectivity index (χ4v) is 2.66. The van der Waals surface area contributed by atoms with Crippen molar-refractivity contribution in [2.45, 2.75) is 12.5 Å². The first-order valence-corrected chi connectivity index (χ1v) is 6.39. The molecular weight excluding hydrogens is 258 g/mol. The summed E-state index contributed by atoms with van der Waals surface area (Å²) in [5, 5.41) is 0. The molecule has 1 unspecified atom stereocenters. The van der Waals surface area contributed by atoms with Gasteiger partial charge in [-0.15, -0.1) is 12.4 Å². The van der Waals surface area contributed by atoms with Crippen LogP contribution in [0.2, 0.25) is 0 Å². The standard InChI is InChI=1S/C16H17NO.ClH/c17-11-16-15-8-4-7-13(14(15)9-10-18-16)12-5-2-1-3-6-12;/h1-8,16H,9-11,17H2;1H. The van der Waals surface area contributed by atoms with Crippen LogP contribution in [0.3, 0.4) is 0 Å². The van der Waals surface area contributed by atoms with Crippen LogP contribution in [0.15, 0.2) is 48.5 Å². The molecule has 2 nitrogen and oxygen atoms in total. The Morgan fingerprint density at radius 1 is 1.05 bits per heavy atom. The van der Waals surface area contributed by atoms with E-state index >= 15 is 0 Å². The summed E-state index contributed by atoms with van der Waals surface area (Å²) in [6, 6.07) is 16.9. The highest BCUT2D eigenvalue weighted by molar-refractivity contribution is 5.85. The van der Waals surface area contributed by atoms with Crippen LogP contribution in [0.1, 0.15) is 17.2 Å². The Morgan fingerprint density at radius 2 is 1.84 bits per heavy atom. The van der Waals surface area contributed by atoms with E-state index < -0.39 is 0 Å². The van der Waals surface area contributed by atoms with Gasteiger partial charge < -0.3 is 10.5 Å². The second-order valence-corrected chi connectivity index (χ2v) is 4.58. The molecule has 0 bridgehead atoms. The molecule has 2 aromatic carbocycles. The monoisotopic (exact) mass is 275 g/mol. The Kier molecular flexibility index (Phi) is 4.59. The van der Waals surface area contributed by atoms with Crippen molar-refractivity contribution in [2.24, 2.45) is 5.73 Å². The molecule has 0 fully saturated rings. The van der Waals surface area contributed by atoms with Crippen LogP contribution in [0, 0.1) is 0 Å². The van der Waals surface area contributed by atoms with Gasteiger partial charge in [0.05, 0.1) is 12.7 Å². The fourth-order valence-electron chi connectivity index (χ4n) is 2.66. The first-order chi connectivity index (χ1) is 8.90. The zero-order valence-electron chi connectivity index (χ0n) is 10.7.